The topological polar surface area (TPSA) is 29.0 Å². The van der Waals surface area contributed by atoms with Crippen molar-refractivity contribution < 1.29 is 0 Å². The van der Waals surface area contributed by atoms with Crippen LogP contribution in [-0.4, -0.2) is 46.0 Å². The molecule has 18 heavy (non-hydrogen) atoms. The van der Waals surface area contributed by atoms with Crippen molar-refractivity contribution >= 4 is 35.1 Å². The maximum atomic E-state index is 6.38. The summed E-state index contributed by atoms with van der Waals surface area (Å²) >= 11 is 9.92. The normalized spacial score (nSPS) is 27.1. The van der Waals surface area contributed by atoms with Gasteiger partial charge in [-0.1, -0.05) is 30.3 Å². The number of likely N-dealkylation sites (tertiary alicyclic amines) is 1. The van der Waals surface area contributed by atoms with Crippen LogP contribution in [0.1, 0.15) is 24.8 Å². The Morgan fingerprint density at radius 2 is 2.33 bits per heavy atom. The zero-order chi connectivity index (χ0) is 12.7. The number of hydrogen-bond donors (Lipinski definition) is 0. The third-order valence-corrected chi connectivity index (χ3v) is 5.85. The molecule has 2 unspecified atom stereocenters. The van der Waals surface area contributed by atoms with Crippen molar-refractivity contribution in [1.29, 1.82) is 0 Å². The van der Waals surface area contributed by atoms with Gasteiger partial charge in [-0.15, -0.1) is 11.8 Å². The number of hydrogen-bond acceptors (Lipinski definition) is 5. The van der Waals surface area contributed by atoms with E-state index in [0.717, 1.165) is 29.0 Å². The molecule has 0 N–H and O–H groups in total. The smallest absolute Gasteiger partial charge is 0.190 e. The van der Waals surface area contributed by atoms with Crippen LogP contribution in [0.4, 0.5) is 0 Å². The summed E-state index contributed by atoms with van der Waals surface area (Å²) in [5.74, 6) is 1.53. The van der Waals surface area contributed by atoms with E-state index in [1.54, 1.807) is 11.8 Å². The largest absolute Gasteiger partial charge is 0.305 e. The van der Waals surface area contributed by atoms with Gasteiger partial charge in [0.15, 0.2) is 5.16 Å². The van der Waals surface area contributed by atoms with Gasteiger partial charge in [-0.3, -0.25) is 0 Å². The van der Waals surface area contributed by atoms with Gasteiger partial charge in [-0.25, -0.2) is 9.97 Å². The molecule has 6 heteroatoms. The van der Waals surface area contributed by atoms with Crippen molar-refractivity contribution in [3.63, 3.8) is 0 Å². The first-order valence-corrected chi connectivity index (χ1v) is 8.48. The van der Waals surface area contributed by atoms with E-state index < -0.39 is 0 Å². The Kier molecular flexibility index (Phi) is 3.76. The molecule has 3 rings (SSSR count). The number of piperidine rings is 1. The van der Waals surface area contributed by atoms with Gasteiger partial charge in [0.05, 0.1) is 0 Å². The number of rotatable bonds is 2. The van der Waals surface area contributed by atoms with Gasteiger partial charge in [0.1, 0.15) is 10.2 Å². The van der Waals surface area contributed by atoms with Crippen LogP contribution >= 0.6 is 35.1 Å². The van der Waals surface area contributed by atoms with Gasteiger partial charge in [0.2, 0.25) is 0 Å². The van der Waals surface area contributed by atoms with E-state index in [9.17, 15) is 0 Å². The number of fused-ring (bicyclic) bond motifs is 3. The zero-order valence-corrected chi connectivity index (χ0v) is 12.9. The molecular formula is C12H16ClN3S2. The second kappa shape index (κ2) is 5.19. The lowest BCUT2D eigenvalue weighted by atomic mass is 9.91. The summed E-state index contributed by atoms with van der Waals surface area (Å²) in [5.41, 5.74) is 1.21. The molecule has 2 aliphatic heterocycles. The fourth-order valence-corrected chi connectivity index (χ4v) is 5.27. The highest BCUT2D eigenvalue weighted by molar-refractivity contribution is 8.00. The number of thioether (sulfide) groups is 2. The molecule has 98 valence electrons. The van der Waals surface area contributed by atoms with Gasteiger partial charge in [-0.2, -0.15) is 0 Å². The van der Waals surface area contributed by atoms with E-state index in [-0.39, 0.29) is 0 Å². The summed E-state index contributed by atoms with van der Waals surface area (Å²) in [5, 5.41) is 3.23. The van der Waals surface area contributed by atoms with Crippen molar-refractivity contribution in [3.8, 4) is 0 Å². The average molecular weight is 302 g/mol. The SMILES string of the molecule is CCSc1nc(Cl)c2c(n1)SC1CN(C)CCC21. The quantitative estimate of drug-likeness (QED) is 0.475. The van der Waals surface area contributed by atoms with E-state index >= 15 is 0 Å². The molecule has 3 heterocycles. The number of nitrogens with zero attached hydrogens (tertiary/aromatic N) is 3. The molecular weight excluding hydrogens is 286 g/mol. The lowest BCUT2D eigenvalue weighted by molar-refractivity contribution is 0.264. The monoisotopic (exact) mass is 301 g/mol. The molecule has 1 aromatic heterocycles. The van der Waals surface area contributed by atoms with Crippen LogP contribution in [0.25, 0.3) is 0 Å². The summed E-state index contributed by atoms with van der Waals surface area (Å²) in [6.45, 7) is 4.37. The lowest BCUT2D eigenvalue weighted by Crippen LogP contribution is -2.36. The molecule has 2 atom stereocenters. The highest BCUT2D eigenvalue weighted by Gasteiger charge is 2.40. The van der Waals surface area contributed by atoms with Crippen LogP contribution in [0.5, 0.6) is 0 Å². The Hall–Kier alpha value is 0.0300. The molecule has 1 aromatic rings. The minimum Gasteiger partial charge on any atom is -0.305 e. The third-order valence-electron chi connectivity index (χ3n) is 3.51. The van der Waals surface area contributed by atoms with Crippen molar-refractivity contribution in [1.82, 2.24) is 14.9 Å². The average Bonchev–Trinajstić information content (AvgIpc) is 2.66. The first-order chi connectivity index (χ1) is 8.69. The second-order valence-electron chi connectivity index (χ2n) is 4.76. The Morgan fingerprint density at radius 1 is 1.50 bits per heavy atom. The molecule has 1 fully saturated rings. The molecule has 1 saturated heterocycles. The van der Waals surface area contributed by atoms with Gasteiger partial charge in [0, 0.05) is 23.3 Å². The lowest BCUT2D eigenvalue weighted by Gasteiger charge is -2.31. The molecule has 0 aromatic carbocycles. The highest BCUT2D eigenvalue weighted by Crippen LogP contribution is 2.50. The predicted molar refractivity (Wildman–Crippen MR) is 77.9 cm³/mol. The Morgan fingerprint density at radius 3 is 3.11 bits per heavy atom. The van der Waals surface area contributed by atoms with Crippen LogP contribution in [0, 0.1) is 0 Å². The minimum absolute atomic E-state index is 0.550. The predicted octanol–water partition coefficient (Wildman–Crippen LogP) is 3.14. The third kappa shape index (κ3) is 2.26. The van der Waals surface area contributed by atoms with E-state index in [1.165, 1.54) is 12.0 Å². The van der Waals surface area contributed by atoms with Crippen LogP contribution < -0.4 is 0 Å². The molecule has 0 saturated carbocycles. The maximum absolute atomic E-state index is 6.38. The van der Waals surface area contributed by atoms with Crippen molar-refractivity contribution in [2.45, 2.75) is 34.7 Å². The summed E-state index contributed by atoms with van der Waals surface area (Å²) in [6.07, 6.45) is 1.17. The zero-order valence-electron chi connectivity index (χ0n) is 10.5. The summed E-state index contributed by atoms with van der Waals surface area (Å²) in [6, 6.07) is 0. The van der Waals surface area contributed by atoms with Gasteiger partial charge >= 0.3 is 0 Å². The highest BCUT2D eigenvalue weighted by atomic mass is 35.5. The molecule has 0 radical (unpaired) electrons. The number of aromatic nitrogens is 2. The minimum atomic E-state index is 0.550. The van der Waals surface area contributed by atoms with E-state index in [2.05, 4.69) is 28.8 Å². The fourth-order valence-electron chi connectivity index (χ4n) is 2.66. The molecule has 0 amide bonds. The molecule has 0 bridgehead atoms. The summed E-state index contributed by atoms with van der Waals surface area (Å²) in [4.78, 5) is 11.5. The van der Waals surface area contributed by atoms with Crippen LogP contribution in [0.15, 0.2) is 10.2 Å². The molecule has 3 nitrogen and oxygen atoms in total. The first kappa shape index (κ1) is 13.0. The van der Waals surface area contributed by atoms with E-state index in [0.29, 0.717) is 16.3 Å². The molecule has 0 aliphatic carbocycles. The van der Waals surface area contributed by atoms with E-state index in [1.807, 2.05) is 11.8 Å². The second-order valence-corrected chi connectivity index (χ2v) is 7.58. The standard InChI is InChI=1S/C12H16ClN3S2/c1-3-17-12-14-10(13)9-7-4-5-16(2)6-8(7)18-11(9)15-12/h7-8H,3-6H2,1-2H3. The summed E-state index contributed by atoms with van der Waals surface area (Å²) in [7, 11) is 2.19. The van der Waals surface area contributed by atoms with Crippen LogP contribution in [-0.2, 0) is 0 Å². The summed E-state index contributed by atoms with van der Waals surface area (Å²) < 4.78 is 0. The Balaban J connectivity index is 1.94. The number of halogens is 1. The maximum Gasteiger partial charge on any atom is 0.190 e. The Bertz CT molecular complexity index is 469. The van der Waals surface area contributed by atoms with Crippen LogP contribution in [0.3, 0.4) is 0 Å². The Labute approximate surface area is 121 Å². The van der Waals surface area contributed by atoms with Crippen molar-refractivity contribution in [3.05, 3.63) is 10.7 Å². The van der Waals surface area contributed by atoms with Gasteiger partial charge < -0.3 is 4.90 Å². The van der Waals surface area contributed by atoms with E-state index in [4.69, 9.17) is 11.6 Å². The van der Waals surface area contributed by atoms with Crippen molar-refractivity contribution in [2.24, 2.45) is 0 Å². The van der Waals surface area contributed by atoms with Crippen molar-refractivity contribution in [2.75, 3.05) is 25.9 Å². The van der Waals surface area contributed by atoms with Gasteiger partial charge in [-0.05, 0) is 25.8 Å². The molecule has 2 aliphatic rings. The fraction of sp³-hybridized carbons (Fsp3) is 0.667. The first-order valence-electron chi connectivity index (χ1n) is 6.24. The van der Waals surface area contributed by atoms with Crippen LogP contribution in [0.2, 0.25) is 5.15 Å². The van der Waals surface area contributed by atoms with Gasteiger partial charge in [0.25, 0.3) is 0 Å². The molecule has 0 spiro atoms.